The van der Waals surface area contributed by atoms with Gasteiger partial charge in [0, 0.05) is 12.8 Å². The van der Waals surface area contributed by atoms with Crippen molar-refractivity contribution in [2.24, 2.45) is 0 Å². The molecule has 0 aliphatic heterocycles. The van der Waals surface area contributed by atoms with Gasteiger partial charge in [-0.25, -0.2) is 4.57 Å². The van der Waals surface area contributed by atoms with E-state index in [9.17, 15) is 14.2 Å². The Morgan fingerprint density at radius 1 is 0.518 bits per heavy atom. The second-order valence-corrected chi connectivity index (χ2v) is 18.1. The molecule has 0 N–H and O–H groups in total. The summed E-state index contributed by atoms with van der Waals surface area (Å²) in [6, 6.07) is 0. The Morgan fingerprint density at radius 3 is 1.36 bits per heavy atom. The molecule has 1 unspecified atom stereocenters. The van der Waals surface area contributed by atoms with E-state index < -0.39 is 13.9 Å². The number of hydrogen-bond donors (Lipinski definition) is 0. The lowest BCUT2D eigenvalue weighted by Crippen LogP contribution is -2.37. The molecule has 9 nitrogen and oxygen atoms in total. The summed E-state index contributed by atoms with van der Waals surface area (Å²) in [5.41, 5.74) is 0. The fourth-order valence-corrected chi connectivity index (χ4v) is 7.36. The van der Waals surface area contributed by atoms with Crippen LogP contribution >= 0.6 is 7.82 Å². The molecule has 2 atom stereocenters. The van der Waals surface area contributed by atoms with Crippen LogP contribution in [0.5, 0.6) is 0 Å². The Hall–Kier alpha value is -1.51. The summed E-state index contributed by atoms with van der Waals surface area (Å²) in [4.78, 5) is 25.4. The van der Waals surface area contributed by atoms with Crippen molar-refractivity contribution < 1.29 is 41.7 Å². The molecule has 0 aliphatic carbocycles. The Labute approximate surface area is 345 Å². The highest BCUT2D eigenvalue weighted by Crippen LogP contribution is 2.49. The number of nitrogens with zero attached hydrogens (tertiary/aromatic N) is 1. The SMILES string of the molecule is CCCCCCCCC=CCCCCCCCC(=O)OC[C@H](COP(=O)(OCC)OCC[N+](C)(C)C)OC(=O)CCCCCCCC=CCCCCCCCC. The first-order valence-corrected chi connectivity index (χ1v) is 24.5. The molecule has 10 heteroatoms. The molecular weight excluding hydrogens is 725 g/mol. The van der Waals surface area contributed by atoms with Gasteiger partial charge in [-0.3, -0.25) is 23.2 Å². The summed E-state index contributed by atoms with van der Waals surface area (Å²) in [5, 5.41) is 0. The molecule has 0 rings (SSSR count). The van der Waals surface area contributed by atoms with E-state index in [-0.39, 0.29) is 44.8 Å². The van der Waals surface area contributed by atoms with Gasteiger partial charge in [-0.2, -0.15) is 0 Å². The van der Waals surface area contributed by atoms with Crippen LogP contribution in [0.4, 0.5) is 0 Å². The first kappa shape index (κ1) is 54.5. The molecule has 56 heavy (non-hydrogen) atoms. The highest BCUT2D eigenvalue weighted by atomic mass is 31.2. The van der Waals surface area contributed by atoms with Gasteiger partial charge < -0.3 is 14.0 Å². The first-order chi connectivity index (χ1) is 27.0. The molecular formula is C46H89NO8P+. The van der Waals surface area contributed by atoms with Gasteiger partial charge in [-0.1, -0.05) is 141 Å². The molecule has 0 spiro atoms. The number of carbonyl (C=O) groups excluding carboxylic acids is 2. The lowest BCUT2D eigenvalue weighted by Gasteiger charge is -2.25. The normalized spacial score (nSPS) is 13.8. The predicted octanol–water partition coefficient (Wildman–Crippen LogP) is 13.4. The zero-order chi connectivity index (χ0) is 41.4. The topological polar surface area (TPSA) is 97.4 Å². The second-order valence-electron chi connectivity index (χ2n) is 16.5. The summed E-state index contributed by atoms with van der Waals surface area (Å²) in [6.45, 7) is 6.69. The summed E-state index contributed by atoms with van der Waals surface area (Å²) in [7, 11) is 2.12. The Morgan fingerprint density at radius 2 is 0.929 bits per heavy atom. The average Bonchev–Trinajstić information content (AvgIpc) is 3.15. The summed E-state index contributed by atoms with van der Waals surface area (Å²) in [6.07, 6.45) is 39.8. The van der Waals surface area contributed by atoms with Gasteiger partial charge in [0.2, 0.25) is 0 Å². The van der Waals surface area contributed by atoms with Crippen LogP contribution in [-0.4, -0.2) is 76.6 Å². The minimum atomic E-state index is -3.90. The van der Waals surface area contributed by atoms with E-state index in [0.717, 1.165) is 70.6 Å². The third kappa shape index (κ3) is 39.3. The summed E-state index contributed by atoms with van der Waals surface area (Å²) < 4.78 is 41.7. The lowest BCUT2D eigenvalue weighted by molar-refractivity contribution is -0.870. The number of unbranched alkanes of at least 4 members (excludes halogenated alkanes) is 22. The zero-order valence-electron chi connectivity index (χ0n) is 37.4. The quantitative estimate of drug-likeness (QED) is 0.0198. The molecule has 0 radical (unpaired) electrons. The van der Waals surface area contributed by atoms with E-state index in [1.165, 1.54) is 96.3 Å². The fourth-order valence-electron chi connectivity index (χ4n) is 6.17. The zero-order valence-corrected chi connectivity index (χ0v) is 38.3. The number of allylic oxidation sites excluding steroid dienone is 4. The van der Waals surface area contributed by atoms with Crippen molar-refractivity contribution in [3.05, 3.63) is 24.3 Å². The molecule has 330 valence electrons. The van der Waals surface area contributed by atoms with Crippen LogP contribution < -0.4 is 0 Å². The van der Waals surface area contributed by atoms with Crippen molar-refractivity contribution >= 4 is 19.8 Å². The van der Waals surface area contributed by atoms with E-state index in [1.54, 1.807) is 6.92 Å². The maximum absolute atomic E-state index is 13.3. The maximum Gasteiger partial charge on any atom is 0.475 e. The van der Waals surface area contributed by atoms with Gasteiger partial charge >= 0.3 is 19.8 Å². The molecule has 0 aromatic heterocycles. The molecule has 0 aromatic rings. The van der Waals surface area contributed by atoms with Crippen molar-refractivity contribution in [3.63, 3.8) is 0 Å². The Bertz CT molecular complexity index is 1010. The molecule has 0 amide bonds. The number of carbonyl (C=O) groups is 2. The van der Waals surface area contributed by atoms with Gasteiger partial charge in [-0.15, -0.1) is 0 Å². The van der Waals surface area contributed by atoms with E-state index in [1.807, 2.05) is 21.1 Å². The number of ether oxygens (including phenoxy) is 2. The van der Waals surface area contributed by atoms with Crippen LogP contribution in [0.15, 0.2) is 24.3 Å². The largest absolute Gasteiger partial charge is 0.475 e. The van der Waals surface area contributed by atoms with Crippen LogP contribution in [0.2, 0.25) is 0 Å². The third-order valence-corrected chi connectivity index (χ3v) is 11.3. The van der Waals surface area contributed by atoms with Crippen molar-refractivity contribution in [1.82, 2.24) is 0 Å². The Kier molecular flexibility index (Phi) is 37.9. The van der Waals surface area contributed by atoms with Gasteiger partial charge in [-0.05, 0) is 71.1 Å². The highest BCUT2D eigenvalue weighted by Gasteiger charge is 2.30. The molecule has 0 fully saturated rings. The minimum absolute atomic E-state index is 0.131. The molecule has 0 bridgehead atoms. The van der Waals surface area contributed by atoms with E-state index in [0.29, 0.717) is 17.4 Å². The molecule has 0 aliphatic rings. The van der Waals surface area contributed by atoms with Crippen molar-refractivity contribution in [1.29, 1.82) is 0 Å². The van der Waals surface area contributed by atoms with Gasteiger partial charge in [0.1, 0.15) is 19.8 Å². The van der Waals surface area contributed by atoms with Crippen LogP contribution in [0, 0.1) is 0 Å². The summed E-state index contributed by atoms with van der Waals surface area (Å²) >= 11 is 0. The van der Waals surface area contributed by atoms with E-state index >= 15 is 0 Å². The van der Waals surface area contributed by atoms with Gasteiger partial charge in [0.15, 0.2) is 6.10 Å². The second kappa shape index (κ2) is 39.0. The van der Waals surface area contributed by atoms with Crippen LogP contribution in [0.25, 0.3) is 0 Å². The number of quaternary nitrogens is 1. The predicted molar refractivity (Wildman–Crippen MR) is 234 cm³/mol. The number of likely N-dealkylation sites (N-methyl/N-ethyl adjacent to an activating group) is 1. The van der Waals surface area contributed by atoms with E-state index in [2.05, 4.69) is 38.2 Å². The van der Waals surface area contributed by atoms with Crippen LogP contribution in [0.1, 0.15) is 201 Å². The molecule has 0 heterocycles. The van der Waals surface area contributed by atoms with Gasteiger partial charge in [0.05, 0.1) is 34.4 Å². The standard InChI is InChI=1S/C46H89NO8P/c1-7-10-12-14-16-18-20-22-24-26-28-30-32-34-36-38-45(48)51-42-44(43-54-56(50,52-9-3)53-41-40-47(4,5)6)55-46(49)39-37-35-33-31-29-27-25-23-21-19-17-15-13-11-8-2/h22-25,44H,7-21,26-43H2,1-6H3/q+1/t44-,56?/m1/s1. The van der Waals surface area contributed by atoms with Crippen molar-refractivity contribution in [3.8, 4) is 0 Å². The average molecular weight is 815 g/mol. The maximum atomic E-state index is 13.3. The number of phosphoric acid groups is 1. The number of phosphoric ester groups is 1. The van der Waals surface area contributed by atoms with Gasteiger partial charge in [0.25, 0.3) is 0 Å². The Balaban J connectivity index is 4.57. The smallest absolute Gasteiger partial charge is 0.462 e. The molecule has 0 saturated carbocycles. The van der Waals surface area contributed by atoms with Crippen molar-refractivity contribution in [2.75, 3.05) is 54.1 Å². The first-order valence-electron chi connectivity index (χ1n) is 23.0. The monoisotopic (exact) mass is 815 g/mol. The third-order valence-electron chi connectivity index (χ3n) is 9.73. The lowest BCUT2D eigenvalue weighted by atomic mass is 10.1. The minimum Gasteiger partial charge on any atom is -0.462 e. The number of hydrogen-bond acceptors (Lipinski definition) is 8. The highest BCUT2D eigenvalue weighted by molar-refractivity contribution is 7.48. The number of rotatable bonds is 42. The number of esters is 2. The molecule has 0 saturated heterocycles. The molecule has 0 aromatic carbocycles. The van der Waals surface area contributed by atoms with Crippen LogP contribution in [0.3, 0.4) is 0 Å². The fraction of sp³-hybridized carbons (Fsp3) is 0.870. The van der Waals surface area contributed by atoms with Crippen LogP contribution in [-0.2, 0) is 37.2 Å². The summed E-state index contributed by atoms with van der Waals surface area (Å²) in [5.74, 6) is -0.727. The van der Waals surface area contributed by atoms with E-state index in [4.69, 9.17) is 23.0 Å². The van der Waals surface area contributed by atoms with Crippen molar-refractivity contribution in [2.45, 2.75) is 207 Å².